The van der Waals surface area contributed by atoms with Gasteiger partial charge in [0.1, 0.15) is 23.6 Å². The lowest BCUT2D eigenvalue weighted by atomic mass is 9.90. The highest BCUT2D eigenvalue weighted by molar-refractivity contribution is 5.86. The van der Waals surface area contributed by atoms with E-state index >= 15 is 0 Å². The fraction of sp³-hybridized carbons (Fsp3) is 0.545. The Morgan fingerprint density at radius 3 is 1.00 bits per heavy atom. The van der Waals surface area contributed by atoms with Gasteiger partial charge in [0.2, 0.25) is 0 Å². The summed E-state index contributed by atoms with van der Waals surface area (Å²) in [5.41, 5.74) is 4.58. The number of ether oxygens (including phenoxy) is 2. The van der Waals surface area contributed by atoms with Crippen LogP contribution in [0.5, 0.6) is 11.5 Å². The second-order valence-corrected chi connectivity index (χ2v) is 13.3. The number of nitrogens with zero attached hydrogens (tertiary/aromatic N) is 2. The maximum Gasteiger partial charge on any atom is 0.119 e. The van der Waals surface area contributed by atoms with Gasteiger partial charge in [-0.3, -0.25) is 0 Å². The Morgan fingerprint density at radius 1 is 0.417 bits per heavy atom. The van der Waals surface area contributed by atoms with Gasteiger partial charge in [-0.2, -0.15) is 10.5 Å². The molecule has 0 amide bonds. The molecule has 0 saturated carbocycles. The van der Waals surface area contributed by atoms with Gasteiger partial charge in [0.25, 0.3) is 0 Å². The average Bonchev–Trinajstić information content (AvgIpc) is 3.13. The molecule has 3 aromatic rings. The minimum absolute atomic E-state index is 0.383. The molecule has 0 aromatic heterocycles. The first-order valence-electron chi connectivity index (χ1n) is 19.1. The van der Waals surface area contributed by atoms with Gasteiger partial charge in [-0.05, 0) is 71.5 Å². The van der Waals surface area contributed by atoms with Crippen LogP contribution >= 0.6 is 0 Å². The van der Waals surface area contributed by atoms with Crippen LogP contribution in [-0.2, 0) is 0 Å². The van der Waals surface area contributed by atoms with Crippen LogP contribution in [0, 0.1) is 22.7 Å². The number of hydrogen-bond acceptors (Lipinski definition) is 4. The highest BCUT2D eigenvalue weighted by Gasteiger charge is 2.14. The molecule has 0 spiro atoms. The van der Waals surface area contributed by atoms with Gasteiger partial charge in [-0.15, -0.1) is 0 Å². The number of benzene rings is 3. The first-order valence-corrected chi connectivity index (χ1v) is 19.1. The highest BCUT2D eigenvalue weighted by Crippen LogP contribution is 2.36. The molecule has 0 saturated heterocycles. The fourth-order valence-corrected chi connectivity index (χ4v) is 6.28. The van der Waals surface area contributed by atoms with E-state index in [1.165, 1.54) is 116 Å². The Kier molecular flexibility index (Phi) is 19.7. The summed E-state index contributed by atoms with van der Waals surface area (Å²) in [7, 11) is 0. The predicted octanol–water partition coefficient (Wildman–Crippen LogP) is 13.4. The Labute approximate surface area is 292 Å². The molecule has 0 radical (unpaired) electrons. The molecule has 4 heteroatoms. The second-order valence-electron chi connectivity index (χ2n) is 13.3. The Balaban J connectivity index is 1.50. The molecular weight excluding hydrogens is 588 g/mol. The third-order valence-corrected chi connectivity index (χ3v) is 9.26. The van der Waals surface area contributed by atoms with E-state index < -0.39 is 0 Å². The molecule has 48 heavy (non-hydrogen) atoms. The van der Waals surface area contributed by atoms with E-state index in [0.29, 0.717) is 11.1 Å². The number of nitriles is 2. The maximum absolute atomic E-state index is 9.76. The van der Waals surface area contributed by atoms with E-state index in [1.54, 1.807) is 0 Å². The number of unbranched alkanes of at least 4 members (excludes halogenated alkanes) is 18. The van der Waals surface area contributed by atoms with Gasteiger partial charge < -0.3 is 9.47 Å². The standard InChI is InChI=1S/C44H60N2O2/c1-3-5-7-9-11-13-15-17-19-21-31-47-41-27-23-37(24-28-41)43-33-39(35-45)40(36-46)34-44(43)38-25-29-42(30-26-38)48-32-22-20-18-16-14-12-10-8-6-4-2/h23-30,33-34H,3-22,31-32H2,1-2H3. The molecule has 258 valence electrons. The summed E-state index contributed by atoms with van der Waals surface area (Å²) in [6, 6.07) is 24.3. The van der Waals surface area contributed by atoms with Gasteiger partial charge in [0, 0.05) is 0 Å². The molecule has 0 bridgehead atoms. The number of hydrogen-bond donors (Lipinski definition) is 0. The summed E-state index contributed by atoms with van der Waals surface area (Å²) in [4.78, 5) is 0. The molecule has 0 aliphatic rings. The molecular formula is C44H60N2O2. The topological polar surface area (TPSA) is 66.0 Å². The maximum atomic E-state index is 9.76. The van der Waals surface area contributed by atoms with Gasteiger partial charge in [0.15, 0.2) is 0 Å². The van der Waals surface area contributed by atoms with Crippen molar-refractivity contribution in [2.75, 3.05) is 13.2 Å². The van der Waals surface area contributed by atoms with Crippen molar-refractivity contribution in [3.63, 3.8) is 0 Å². The van der Waals surface area contributed by atoms with Gasteiger partial charge in [0.05, 0.1) is 24.3 Å². The van der Waals surface area contributed by atoms with Crippen LogP contribution in [0.2, 0.25) is 0 Å². The normalized spacial score (nSPS) is 10.8. The molecule has 4 nitrogen and oxygen atoms in total. The van der Waals surface area contributed by atoms with Gasteiger partial charge >= 0.3 is 0 Å². The van der Waals surface area contributed by atoms with Crippen molar-refractivity contribution in [2.45, 2.75) is 142 Å². The molecule has 0 aliphatic carbocycles. The van der Waals surface area contributed by atoms with E-state index in [9.17, 15) is 10.5 Å². The number of rotatable bonds is 26. The van der Waals surface area contributed by atoms with Crippen LogP contribution in [0.15, 0.2) is 60.7 Å². The van der Waals surface area contributed by atoms with Crippen LogP contribution < -0.4 is 9.47 Å². The van der Waals surface area contributed by atoms with Crippen molar-refractivity contribution >= 4 is 0 Å². The zero-order valence-corrected chi connectivity index (χ0v) is 30.0. The molecule has 3 rings (SSSR count). The molecule has 0 heterocycles. The Morgan fingerprint density at radius 2 is 0.708 bits per heavy atom. The van der Waals surface area contributed by atoms with Gasteiger partial charge in [-0.25, -0.2) is 0 Å². The zero-order valence-electron chi connectivity index (χ0n) is 30.0. The Hall–Kier alpha value is -3.76. The van der Waals surface area contributed by atoms with E-state index in [0.717, 1.165) is 59.8 Å². The van der Waals surface area contributed by atoms with E-state index in [-0.39, 0.29) is 0 Å². The van der Waals surface area contributed by atoms with E-state index in [1.807, 2.05) is 60.7 Å². The van der Waals surface area contributed by atoms with Crippen molar-refractivity contribution in [2.24, 2.45) is 0 Å². The van der Waals surface area contributed by atoms with E-state index in [4.69, 9.17) is 9.47 Å². The average molecular weight is 649 g/mol. The minimum atomic E-state index is 0.383. The lowest BCUT2D eigenvalue weighted by molar-refractivity contribution is 0.304. The monoisotopic (exact) mass is 648 g/mol. The van der Waals surface area contributed by atoms with E-state index in [2.05, 4.69) is 26.0 Å². The van der Waals surface area contributed by atoms with Crippen molar-refractivity contribution < 1.29 is 9.47 Å². The third-order valence-electron chi connectivity index (χ3n) is 9.26. The summed E-state index contributed by atoms with van der Waals surface area (Å²) in [6.07, 6.45) is 26.1. The first kappa shape index (κ1) is 38.7. The quantitative estimate of drug-likeness (QED) is 0.0812. The molecule has 3 aromatic carbocycles. The van der Waals surface area contributed by atoms with Crippen LogP contribution in [0.3, 0.4) is 0 Å². The van der Waals surface area contributed by atoms with Crippen molar-refractivity contribution in [1.29, 1.82) is 10.5 Å². The van der Waals surface area contributed by atoms with Crippen molar-refractivity contribution in [3.8, 4) is 45.9 Å². The lowest BCUT2D eigenvalue weighted by Crippen LogP contribution is -1.98. The summed E-state index contributed by atoms with van der Waals surface area (Å²) >= 11 is 0. The SMILES string of the molecule is CCCCCCCCCCCCOc1ccc(-c2cc(C#N)c(C#N)cc2-c2ccc(OCCCCCCCCCCCC)cc2)cc1. The molecule has 0 unspecified atom stereocenters. The molecule has 0 fully saturated rings. The smallest absolute Gasteiger partial charge is 0.119 e. The van der Waals surface area contributed by atoms with Crippen LogP contribution in [0.25, 0.3) is 22.3 Å². The fourth-order valence-electron chi connectivity index (χ4n) is 6.28. The first-order chi connectivity index (χ1) is 23.7. The summed E-state index contributed by atoms with van der Waals surface area (Å²) in [6.45, 7) is 5.99. The molecule has 0 N–H and O–H groups in total. The summed E-state index contributed by atoms with van der Waals surface area (Å²) in [5.74, 6) is 1.71. The van der Waals surface area contributed by atoms with Crippen molar-refractivity contribution in [1.82, 2.24) is 0 Å². The summed E-state index contributed by atoms with van der Waals surface area (Å²) in [5, 5.41) is 19.5. The molecule has 0 aliphatic heterocycles. The highest BCUT2D eigenvalue weighted by atomic mass is 16.5. The second kappa shape index (κ2) is 24.4. The predicted molar refractivity (Wildman–Crippen MR) is 201 cm³/mol. The third kappa shape index (κ3) is 14.6. The largest absolute Gasteiger partial charge is 0.494 e. The van der Waals surface area contributed by atoms with Crippen LogP contribution in [0.1, 0.15) is 153 Å². The lowest BCUT2D eigenvalue weighted by Gasteiger charge is -2.14. The van der Waals surface area contributed by atoms with Gasteiger partial charge in [-0.1, -0.05) is 154 Å². The Bertz CT molecular complexity index is 1260. The summed E-state index contributed by atoms with van der Waals surface area (Å²) < 4.78 is 12.1. The molecule has 0 atom stereocenters. The van der Waals surface area contributed by atoms with Crippen LogP contribution in [-0.4, -0.2) is 13.2 Å². The zero-order chi connectivity index (χ0) is 34.1. The van der Waals surface area contributed by atoms with Crippen molar-refractivity contribution in [3.05, 3.63) is 71.8 Å². The minimum Gasteiger partial charge on any atom is -0.494 e. The van der Waals surface area contributed by atoms with Crippen LogP contribution in [0.4, 0.5) is 0 Å².